The third-order valence-electron chi connectivity index (χ3n) is 5.87. The average Bonchev–Trinajstić information content (AvgIpc) is 3.30. The number of aromatic nitrogens is 2. The smallest absolute Gasteiger partial charge is 0.408 e. The zero-order valence-corrected chi connectivity index (χ0v) is 26.1. The lowest BCUT2D eigenvalue weighted by atomic mass is 9.97. The highest BCUT2D eigenvalue weighted by atomic mass is 79.9. The van der Waals surface area contributed by atoms with Crippen molar-refractivity contribution >= 4 is 55.1 Å². The summed E-state index contributed by atoms with van der Waals surface area (Å²) < 4.78 is 38.9. The quantitative estimate of drug-likeness (QED) is 0.382. The van der Waals surface area contributed by atoms with Gasteiger partial charge in [0.25, 0.3) is 5.91 Å². The monoisotopic (exact) mass is 652 g/mol. The van der Waals surface area contributed by atoms with E-state index in [4.69, 9.17) is 20.8 Å². The second-order valence-electron chi connectivity index (χ2n) is 11.5. The Bertz CT molecular complexity index is 1560. The third kappa shape index (κ3) is 6.67. The molecule has 10 nitrogen and oxygen atoms in total. The van der Waals surface area contributed by atoms with Gasteiger partial charge in [-0.15, -0.1) is 10.2 Å². The number of nitrogens with one attached hydrogen (secondary N) is 1. The van der Waals surface area contributed by atoms with E-state index in [1.54, 1.807) is 45.0 Å². The molecule has 0 spiro atoms. The van der Waals surface area contributed by atoms with Crippen molar-refractivity contribution in [1.29, 1.82) is 0 Å². The van der Waals surface area contributed by atoms with Gasteiger partial charge in [0, 0.05) is 14.9 Å². The van der Waals surface area contributed by atoms with Crippen LogP contribution in [0.1, 0.15) is 53.0 Å². The first kappa shape index (κ1) is 30.0. The van der Waals surface area contributed by atoms with Crippen LogP contribution >= 0.6 is 27.5 Å². The first-order valence-corrected chi connectivity index (χ1v) is 15.2. The van der Waals surface area contributed by atoms with Gasteiger partial charge >= 0.3 is 6.09 Å². The minimum Gasteiger partial charge on any atom is -0.444 e. The van der Waals surface area contributed by atoms with Crippen LogP contribution in [0.25, 0.3) is 11.5 Å². The van der Waals surface area contributed by atoms with Crippen LogP contribution in [0.15, 0.2) is 50.2 Å². The molecule has 40 heavy (non-hydrogen) atoms. The predicted molar refractivity (Wildman–Crippen MR) is 154 cm³/mol. The van der Waals surface area contributed by atoms with Gasteiger partial charge in [-0.1, -0.05) is 44.5 Å². The van der Waals surface area contributed by atoms with Gasteiger partial charge in [0.15, 0.2) is 9.84 Å². The maximum atomic E-state index is 13.9. The summed E-state index contributed by atoms with van der Waals surface area (Å²) in [6.07, 6.45) is -0.902. The van der Waals surface area contributed by atoms with E-state index in [-0.39, 0.29) is 23.0 Å². The van der Waals surface area contributed by atoms with Crippen molar-refractivity contribution in [3.8, 4) is 11.5 Å². The van der Waals surface area contributed by atoms with Gasteiger partial charge in [-0.05, 0) is 66.5 Å². The van der Waals surface area contributed by atoms with Crippen molar-refractivity contribution in [2.75, 3.05) is 10.7 Å². The van der Waals surface area contributed by atoms with E-state index < -0.39 is 44.6 Å². The maximum Gasteiger partial charge on any atom is 0.408 e. The molecule has 0 fully saturated rings. The Labute approximate surface area is 246 Å². The molecule has 1 aliphatic heterocycles. The second kappa shape index (κ2) is 10.8. The second-order valence-corrected chi connectivity index (χ2v) is 14.8. The van der Waals surface area contributed by atoms with E-state index in [0.717, 1.165) is 0 Å². The van der Waals surface area contributed by atoms with Gasteiger partial charge < -0.3 is 19.4 Å². The van der Waals surface area contributed by atoms with Gasteiger partial charge in [-0.2, -0.15) is 0 Å². The number of alkyl carbamates (subject to hydrolysis) is 1. The number of carbonyl (C=O) groups is 2. The summed E-state index contributed by atoms with van der Waals surface area (Å²) in [4.78, 5) is 27.8. The number of sulfone groups is 1. The predicted octanol–water partition coefficient (Wildman–Crippen LogP) is 5.66. The zero-order chi connectivity index (χ0) is 29.6. The van der Waals surface area contributed by atoms with Crippen LogP contribution in [-0.4, -0.2) is 48.0 Å². The topological polar surface area (TPSA) is 132 Å². The first-order chi connectivity index (χ1) is 18.4. The molecule has 2 amide bonds. The van der Waals surface area contributed by atoms with Crippen molar-refractivity contribution in [2.24, 2.45) is 0 Å². The Kier molecular flexibility index (Phi) is 8.09. The summed E-state index contributed by atoms with van der Waals surface area (Å²) in [5.74, 6) is -0.732. The van der Waals surface area contributed by atoms with Crippen LogP contribution in [0, 0.1) is 0 Å². The number of ether oxygens (including phenoxy) is 1. The molecule has 0 bridgehead atoms. The summed E-state index contributed by atoms with van der Waals surface area (Å²) in [5.41, 5.74) is -0.0506. The lowest BCUT2D eigenvalue weighted by Crippen LogP contribution is -2.51. The molecule has 214 valence electrons. The minimum atomic E-state index is -4.07. The zero-order valence-electron chi connectivity index (χ0n) is 22.9. The first-order valence-electron chi connectivity index (χ1n) is 12.4. The Balaban J connectivity index is 1.85. The molecule has 1 atom stereocenters. The van der Waals surface area contributed by atoms with Gasteiger partial charge in [0.05, 0.1) is 28.4 Å². The summed E-state index contributed by atoms with van der Waals surface area (Å²) in [6.45, 7) is 10.8. The molecule has 0 saturated heterocycles. The maximum absolute atomic E-state index is 13.9. The summed E-state index contributed by atoms with van der Waals surface area (Å²) in [6, 6.07) is 8.35. The van der Waals surface area contributed by atoms with Crippen LogP contribution < -0.4 is 10.2 Å². The Morgan fingerprint density at radius 1 is 1.15 bits per heavy atom. The standard InChI is InChI=1S/C27H30BrClN4O6S/c1-26(2,3)24-32-31-22(38-24)17-11-20-21(12-18(17)28)40(36,37)14-19(30-25(35)39-27(4,5)6)23(34)33(20)13-15-7-9-16(29)10-8-15/h7-12,19H,13-14H2,1-6H3,(H,30,35)/t19-/m0/s1. The lowest BCUT2D eigenvalue weighted by molar-refractivity contribution is -0.120. The third-order valence-corrected chi connectivity index (χ3v) is 8.54. The van der Waals surface area contributed by atoms with E-state index in [9.17, 15) is 18.0 Å². The van der Waals surface area contributed by atoms with Crippen molar-refractivity contribution in [3.63, 3.8) is 0 Å². The molecule has 2 aromatic carbocycles. The van der Waals surface area contributed by atoms with E-state index in [0.29, 0.717) is 26.5 Å². The molecule has 1 N–H and O–H groups in total. The molecule has 0 saturated carbocycles. The van der Waals surface area contributed by atoms with Crippen molar-refractivity contribution in [2.45, 2.75) is 70.0 Å². The van der Waals surface area contributed by atoms with Gasteiger partial charge in [0.1, 0.15) is 11.6 Å². The van der Waals surface area contributed by atoms with E-state index in [2.05, 4.69) is 31.4 Å². The van der Waals surface area contributed by atoms with Crippen molar-refractivity contribution in [3.05, 3.63) is 57.3 Å². The number of benzene rings is 2. The van der Waals surface area contributed by atoms with E-state index in [1.165, 1.54) is 17.0 Å². The van der Waals surface area contributed by atoms with Crippen LogP contribution in [0.2, 0.25) is 5.02 Å². The summed E-state index contributed by atoms with van der Waals surface area (Å²) in [5, 5.41) is 11.3. The number of anilines is 1. The molecule has 0 radical (unpaired) electrons. The highest BCUT2D eigenvalue weighted by molar-refractivity contribution is 9.10. The van der Waals surface area contributed by atoms with Crippen molar-refractivity contribution < 1.29 is 27.2 Å². The molecule has 1 aliphatic rings. The van der Waals surface area contributed by atoms with Crippen molar-refractivity contribution in [1.82, 2.24) is 15.5 Å². The fourth-order valence-corrected chi connectivity index (χ4v) is 6.40. The van der Waals surface area contributed by atoms with Gasteiger partial charge in [-0.25, -0.2) is 13.2 Å². The molecule has 2 heterocycles. The van der Waals surface area contributed by atoms with E-state index in [1.807, 2.05) is 20.8 Å². The van der Waals surface area contributed by atoms with Crippen LogP contribution in [0.5, 0.6) is 0 Å². The molecule has 0 unspecified atom stereocenters. The van der Waals surface area contributed by atoms with Crippen LogP contribution in [-0.2, 0) is 31.3 Å². The normalized spacial score (nSPS) is 17.2. The molecule has 1 aromatic heterocycles. The Morgan fingerprint density at radius 2 is 1.80 bits per heavy atom. The van der Waals surface area contributed by atoms with Crippen LogP contribution in [0.3, 0.4) is 0 Å². The molecule has 13 heteroatoms. The lowest BCUT2D eigenvalue weighted by Gasteiger charge is -2.27. The highest BCUT2D eigenvalue weighted by Gasteiger charge is 2.40. The summed E-state index contributed by atoms with van der Waals surface area (Å²) >= 11 is 9.50. The largest absolute Gasteiger partial charge is 0.444 e. The Hall–Kier alpha value is -2.96. The number of carbonyl (C=O) groups excluding carboxylic acids is 2. The minimum absolute atomic E-state index is 0.00314. The van der Waals surface area contributed by atoms with Gasteiger partial charge in [-0.3, -0.25) is 4.79 Å². The number of rotatable bonds is 4. The average molecular weight is 654 g/mol. The molecular formula is C27H30BrClN4O6S. The number of nitrogens with zero attached hydrogens (tertiary/aromatic N) is 3. The van der Waals surface area contributed by atoms with Crippen LogP contribution in [0.4, 0.5) is 10.5 Å². The number of hydrogen-bond donors (Lipinski definition) is 1. The fraction of sp³-hybridized carbons (Fsp3) is 0.407. The molecular weight excluding hydrogens is 624 g/mol. The fourth-order valence-electron chi connectivity index (χ4n) is 3.98. The highest BCUT2D eigenvalue weighted by Crippen LogP contribution is 2.40. The molecule has 0 aliphatic carbocycles. The van der Waals surface area contributed by atoms with E-state index >= 15 is 0 Å². The molecule has 4 rings (SSSR count). The number of fused-ring (bicyclic) bond motifs is 1. The summed E-state index contributed by atoms with van der Waals surface area (Å²) in [7, 11) is -4.07. The SMILES string of the molecule is CC(C)(C)OC(=O)N[C@H]1CS(=O)(=O)c2cc(Br)c(-c3nnc(C(C)(C)C)o3)cc2N(Cc2ccc(Cl)cc2)C1=O. The number of hydrogen-bond acceptors (Lipinski definition) is 8. The Morgan fingerprint density at radius 3 is 2.38 bits per heavy atom. The number of amides is 2. The van der Waals surface area contributed by atoms with Gasteiger partial charge in [0.2, 0.25) is 11.8 Å². The number of halogens is 2. The molecule has 3 aromatic rings.